The molecule has 0 unspecified atom stereocenters. The first-order valence-electron chi connectivity index (χ1n) is 6.74. The number of nitro groups is 1. The number of nitrogens with one attached hydrogen (secondary N) is 1. The van der Waals surface area contributed by atoms with E-state index in [0.29, 0.717) is 11.4 Å². The summed E-state index contributed by atoms with van der Waals surface area (Å²) in [6.07, 6.45) is -0.720. The fourth-order valence-corrected chi connectivity index (χ4v) is 1.87. The third kappa shape index (κ3) is 4.05. The van der Waals surface area contributed by atoms with E-state index in [1.54, 1.807) is 13.0 Å². The number of ether oxygens (including phenoxy) is 1. The molecule has 0 aliphatic carbocycles. The molecule has 0 aliphatic heterocycles. The molecule has 2 rings (SSSR count). The molecule has 1 N–H and O–H groups in total. The molecule has 0 radical (unpaired) electrons. The number of nitrogens with zero attached hydrogens (tertiary/aromatic N) is 1. The van der Waals surface area contributed by atoms with Gasteiger partial charge in [-0.3, -0.25) is 14.9 Å². The number of anilines is 1. The van der Waals surface area contributed by atoms with Crippen LogP contribution < -0.4 is 10.1 Å². The fraction of sp³-hybridized carbons (Fsp3) is 0.188. The summed E-state index contributed by atoms with van der Waals surface area (Å²) in [5, 5.41) is 13.3. The molecule has 0 aliphatic rings. The summed E-state index contributed by atoms with van der Waals surface area (Å²) in [6.45, 7) is 3.55. The molecular weight excluding hydrogens is 284 g/mol. The smallest absolute Gasteiger partial charge is 0.269 e. The quantitative estimate of drug-likeness (QED) is 0.678. The first-order chi connectivity index (χ1) is 10.5. The van der Waals surface area contributed by atoms with Crippen LogP contribution in [0.4, 0.5) is 11.4 Å². The number of carbonyl (C=O) groups excluding carboxylic acids is 1. The van der Waals surface area contributed by atoms with Gasteiger partial charge in [-0.1, -0.05) is 12.1 Å². The number of nitro benzene ring substituents is 1. The van der Waals surface area contributed by atoms with Crippen LogP contribution in [0.5, 0.6) is 5.75 Å². The Morgan fingerprint density at radius 3 is 2.50 bits per heavy atom. The molecule has 0 saturated heterocycles. The van der Waals surface area contributed by atoms with Gasteiger partial charge in [0.1, 0.15) is 5.75 Å². The second-order valence-electron chi connectivity index (χ2n) is 4.87. The van der Waals surface area contributed by atoms with Crippen molar-refractivity contribution in [1.82, 2.24) is 0 Å². The van der Waals surface area contributed by atoms with Crippen molar-refractivity contribution in [2.45, 2.75) is 20.0 Å². The van der Waals surface area contributed by atoms with Crippen molar-refractivity contribution in [2.24, 2.45) is 0 Å². The van der Waals surface area contributed by atoms with Crippen molar-refractivity contribution < 1.29 is 14.5 Å². The number of amides is 1. The predicted octanol–water partition coefficient (Wildman–Crippen LogP) is 3.31. The van der Waals surface area contributed by atoms with Gasteiger partial charge in [0.2, 0.25) is 0 Å². The molecule has 0 saturated carbocycles. The van der Waals surface area contributed by atoms with E-state index in [2.05, 4.69) is 5.32 Å². The zero-order chi connectivity index (χ0) is 16.1. The number of benzene rings is 2. The maximum atomic E-state index is 12.1. The van der Waals surface area contributed by atoms with Crippen LogP contribution >= 0.6 is 0 Å². The molecule has 6 nitrogen and oxygen atoms in total. The predicted molar refractivity (Wildman–Crippen MR) is 83.0 cm³/mol. The molecule has 0 fully saturated rings. The van der Waals surface area contributed by atoms with Gasteiger partial charge in [0.25, 0.3) is 11.6 Å². The average molecular weight is 300 g/mol. The van der Waals surface area contributed by atoms with Gasteiger partial charge in [-0.2, -0.15) is 0 Å². The van der Waals surface area contributed by atoms with Gasteiger partial charge in [-0.05, 0) is 43.7 Å². The topological polar surface area (TPSA) is 81.5 Å². The number of rotatable bonds is 5. The Balaban J connectivity index is 1.97. The number of hydrogen-bond donors (Lipinski definition) is 1. The summed E-state index contributed by atoms with van der Waals surface area (Å²) in [7, 11) is 0. The van der Waals surface area contributed by atoms with E-state index in [0.717, 1.165) is 5.56 Å². The van der Waals surface area contributed by atoms with Crippen LogP contribution in [0.3, 0.4) is 0 Å². The minimum Gasteiger partial charge on any atom is -0.481 e. The Labute approximate surface area is 127 Å². The Morgan fingerprint density at radius 1 is 1.23 bits per heavy atom. The zero-order valence-corrected chi connectivity index (χ0v) is 12.3. The third-order valence-electron chi connectivity index (χ3n) is 3.02. The highest BCUT2D eigenvalue weighted by Crippen LogP contribution is 2.19. The second kappa shape index (κ2) is 6.71. The number of carbonyl (C=O) groups is 1. The first kappa shape index (κ1) is 15.5. The molecule has 1 amide bonds. The lowest BCUT2D eigenvalue weighted by molar-refractivity contribution is -0.384. The second-order valence-corrected chi connectivity index (χ2v) is 4.87. The van der Waals surface area contributed by atoms with Gasteiger partial charge < -0.3 is 10.1 Å². The van der Waals surface area contributed by atoms with Gasteiger partial charge in [-0.15, -0.1) is 0 Å². The van der Waals surface area contributed by atoms with Crippen LogP contribution in [0.2, 0.25) is 0 Å². The normalized spacial score (nSPS) is 11.5. The van der Waals surface area contributed by atoms with Gasteiger partial charge in [0.05, 0.1) is 4.92 Å². The van der Waals surface area contributed by atoms with Crippen LogP contribution in [-0.4, -0.2) is 16.9 Å². The SMILES string of the molecule is Cc1cccc(NC(=O)[C@@H](C)Oc2ccc([N+](=O)[O-])cc2)c1. The molecule has 2 aromatic carbocycles. The minimum absolute atomic E-state index is 0.0239. The molecule has 22 heavy (non-hydrogen) atoms. The Hall–Kier alpha value is -2.89. The van der Waals surface area contributed by atoms with Crippen molar-refractivity contribution in [3.63, 3.8) is 0 Å². The number of aryl methyl sites for hydroxylation is 1. The van der Waals surface area contributed by atoms with Crippen LogP contribution in [0, 0.1) is 17.0 Å². The van der Waals surface area contributed by atoms with Crippen molar-refractivity contribution in [3.05, 3.63) is 64.2 Å². The lowest BCUT2D eigenvalue weighted by Crippen LogP contribution is -2.30. The number of non-ortho nitro benzene ring substituents is 1. The molecular formula is C16H16N2O4. The molecule has 2 aromatic rings. The van der Waals surface area contributed by atoms with Gasteiger partial charge in [0.15, 0.2) is 6.10 Å². The minimum atomic E-state index is -0.720. The van der Waals surface area contributed by atoms with E-state index in [9.17, 15) is 14.9 Å². The van der Waals surface area contributed by atoms with E-state index in [1.165, 1.54) is 24.3 Å². The van der Waals surface area contributed by atoms with Crippen LogP contribution in [-0.2, 0) is 4.79 Å². The molecule has 0 heterocycles. The van der Waals surface area contributed by atoms with E-state index >= 15 is 0 Å². The monoisotopic (exact) mass is 300 g/mol. The molecule has 0 bridgehead atoms. The summed E-state index contributed by atoms with van der Waals surface area (Å²) < 4.78 is 5.48. The summed E-state index contributed by atoms with van der Waals surface area (Å²) in [5.74, 6) is 0.112. The third-order valence-corrected chi connectivity index (χ3v) is 3.02. The van der Waals surface area contributed by atoms with Gasteiger partial charge in [0, 0.05) is 17.8 Å². The highest BCUT2D eigenvalue weighted by atomic mass is 16.6. The maximum absolute atomic E-state index is 12.1. The maximum Gasteiger partial charge on any atom is 0.269 e. The van der Waals surface area contributed by atoms with Crippen LogP contribution in [0.15, 0.2) is 48.5 Å². The highest BCUT2D eigenvalue weighted by Gasteiger charge is 2.15. The molecule has 1 atom stereocenters. The fourth-order valence-electron chi connectivity index (χ4n) is 1.87. The van der Waals surface area contributed by atoms with E-state index in [1.807, 2.05) is 25.1 Å². The van der Waals surface area contributed by atoms with Crippen LogP contribution in [0.1, 0.15) is 12.5 Å². The lowest BCUT2D eigenvalue weighted by Gasteiger charge is -2.14. The van der Waals surface area contributed by atoms with Crippen molar-refractivity contribution >= 4 is 17.3 Å². The molecule has 114 valence electrons. The average Bonchev–Trinajstić information content (AvgIpc) is 2.47. The summed E-state index contributed by atoms with van der Waals surface area (Å²) >= 11 is 0. The summed E-state index contributed by atoms with van der Waals surface area (Å²) in [5.41, 5.74) is 1.72. The Kier molecular flexibility index (Phi) is 4.73. The largest absolute Gasteiger partial charge is 0.481 e. The van der Waals surface area contributed by atoms with E-state index < -0.39 is 11.0 Å². The molecule has 0 aromatic heterocycles. The number of hydrogen-bond acceptors (Lipinski definition) is 4. The first-order valence-corrected chi connectivity index (χ1v) is 6.74. The summed E-state index contributed by atoms with van der Waals surface area (Å²) in [6, 6.07) is 13.0. The zero-order valence-electron chi connectivity index (χ0n) is 12.3. The lowest BCUT2D eigenvalue weighted by atomic mass is 10.2. The Bertz CT molecular complexity index is 683. The Morgan fingerprint density at radius 2 is 1.91 bits per heavy atom. The van der Waals surface area contributed by atoms with E-state index in [-0.39, 0.29) is 11.6 Å². The van der Waals surface area contributed by atoms with Gasteiger partial charge >= 0.3 is 0 Å². The van der Waals surface area contributed by atoms with E-state index in [4.69, 9.17) is 4.74 Å². The van der Waals surface area contributed by atoms with Crippen molar-refractivity contribution in [3.8, 4) is 5.75 Å². The molecule has 6 heteroatoms. The summed E-state index contributed by atoms with van der Waals surface area (Å²) in [4.78, 5) is 22.1. The van der Waals surface area contributed by atoms with Crippen LogP contribution in [0.25, 0.3) is 0 Å². The molecule has 0 spiro atoms. The highest BCUT2D eigenvalue weighted by molar-refractivity contribution is 5.94. The van der Waals surface area contributed by atoms with Gasteiger partial charge in [-0.25, -0.2) is 0 Å². The van der Waals surface area contributed by atoms with Crippen molar-refractivity contribution in [2.75, 3.05) is 5.32 Å². The van der Waals surface area contributed by atoms with Crippen molar-refractivity contribution in [1.29, 1.82) is 0 Å². The standard InChI is InChI=1S/C16H16N2O4/c1-11-4-3-5-13(10-11)17-16(19)12(2)22-15-8-6-14(7-9-15)18(20)21/h3-10,12H,1-2H3,(H,17,19)/t12-/m1/s1.